The molecule has 0 aliphatic rings. The van der Waals surface area contributed by atoms with Crippen molar-refractivity contribution >= 4 is 19.0 Å². The Bertz CT molecular complexity index is 530. The number of benzene rings is 1. The molecule has 0 aliphatic carbocycles. The molecular formula is C14H20FNOSi. The van der Waals surface area contributed by atoms with Gasteiger partial charge in [0, 0.05) is 20.9 Å². The first-order valence-electron chi connectivity index (χ1n) is 6.28. The van der Waals surface area contributed by atoms with Gasteiger partial charge in [-0.15, -0.1) is 0 Å². The lowest BCUT2D eigenvalue weighted by atomic mass is 10.2. The molecule has 2 nitrogen and oxygen atoms in total. The average molecular weight is 265 g/mol. The molecule has 0 spiro atoms. The van der Waals surface area contributed by atoms with E-state index in [0.717, 1.165) is 23.6 Å². The van der Waals surface area contributed by atoms with E-state index in [4.69, 9.17) is 4.74 Å². The van der Waals surface area contributed by atoms with Crippen LogP contribution in [0.15, 0.2) is 30.5 Å². The number of nitrogens with zero attached hydrogens (tertiary/aromatic N) is 1. The van der Waals surface area contributed by atoms with Crippen LogP contribution in [0.3, 0.4) is 0 Å². The van der Waals surface area contributed by atoms with E-state index in [1.807, 2.05) is 16.8 Å². The SMILES string of the molecule is C[Si](C)(C)CCOCn1ccc2ccc(F)cc21. The Balaban J connectivity index is 1.98. The summed E-state index contributed by atoms with van der Waals surface area (Å²) in [6, 6.07) is 7.97. The van der Waals surface area contributed by atoms with Gasteiger partial charge in [0.25, 0.3) is 0 Å². The lowest BCUT2D eigenvalue weighted by Gasteiger charge is -2.15. The molecule has 0 aliphatic heterocycles. The fourth-order valence-corrected chi connectivity index (χ4v) is 2.57. The van der Waals surface area contributed by atoms with Crippen LogP contribution in [-0.4, -0.2) is 19.2 Å². The van der Waals surface area contributed by atoms with Gasteiger partial charge < -0.3 is 9.30 Å². The van der Waals surface area contributed by atoms with Crippen molar-refractivity contribution in [2.45, 2.75) is 32.4 Å². The Morgan fingerprint density at radius 2 is 2.00 bits per heavy atom. The molecule has 0 saturated carbocycles. The van der Waals surface area contributed by atoms with E-state index in [-0.39, 0.29) is 5.82 Å². The number of aromatic nitrogens is 1. The number of hydrogen-bond acceptors (Lipinski definition) is 1. The van der Waals surface area contributed by atoms with Crippen LogP contribution >= 0.6 is 0 Å². The molecule has 1 aromatic carbocycles. The van der Waals surface area contributed by atoms with Crippen molar-refractivity contribution in [3.8, 4) is 0 Å². The first kappa shape index (κ1) is 13.3. The van der Waals surface area contributed by atoms with Gasteiger partial charge in [0.1, 0.15) is 12.5 Å². The fourth-order valence-electron chi connectivity index (χ4n) is 1.81. The third-order valence-electron chi connectivity index (χ3n) is 2.96. The third kappa shape index (κ3) is 3.43. The fraction of sp³-hybridized carbons (Fsp3) is 0.429. The van der Waals surface area contributed by atoms with Crippen molar-refractivity contribution in [1.82, 2.24) is 4.57 Å². The van der Waals surface area contributed by atoms with Crippen LogP contribution < -0.4 is 0 Å². The van der Waals surface area contributed by atoms with Gasteiger partial charge in [-0.2, -0.15) is 0 Å². The number of hydrogen-bond donors (Lipinski definition) is 0. The summed E-state index contributed by atoms with van der Waals surface area (Å²) in [6.07, 6.45) is 1.94. The highest BCUT2D eigenvalue weighted by Crippen LogP contribution is 2.17. The van der Waals surface area contributed by atoms with Gasteiger partial charge in [0.05, 0.1) is 5.52 Å². The van der Waals surface area contributed by atoms with Crippen molar-refractivity contribution in [2.75, 3.05) is 6.61 Å². The Morgan fingerprint density at radius 3 is 2.72 bits per heavy atom. The molecule has 2 rings (SSSR count). The van der Waals surface area contributed by atoms with Crippen LogP contribution in [0.5, 0.6) is 0 Å². The second kappa shape index (κ2) is 5.24. The van der Waals surface area contributed by atoms with Gasteiger partial charge >= 0.3 is 0 Å². The quantitative estimate of drug-likeness (QED) is 0.586. The van der Waals surface area contributed by atoms with Crippen LogP contribution in [0.2, 0.25) is 25.7 Å². The van der Waals surface area contributed by atoms with E-state index >= 15 is 0 Å². The minimum atomic E-state index is -1.04. The second-order valence-electron chi connectivity index (χ2n) is 5.84. The van der Waals surface area contributed by atoms with Crippen molar-refractivity contribution in [3.63, 3.8) is 0 Å². The van der Waals surface area contributed by atoms with E-state index in [2.05, 4.69) is 19.6 Å². The molecule has 2 aromatic rings. The second-order valence-corrected chi connectivity index (χ2v) is 11.5. The van der Waals surface area contributed by atoms with Crippen molar-refractivity contribution in [3.05, 3.63) is 36.3 Å². The number of halogens is 1. The summed E-state index contributed by atoms with van der Waals surface area (Å²) in [6.45, 7) is 8.27. The molecule has 0 fully saturated rings. The Hall–Kier alpha value is -1.13. The Labute approximate surface area is 108 Å². The highest BCUT2D eigenvalue weighted by molar-refractivity contribution is 6.76. The molecule has 0 saturated heterocycles. The van der Waals surface area contributed by atoms with Crippen LogP contribution in [0, 0.1) is 5.82 Å². The first-order chi connectivity index (χ1) is 8.46. The first-order valence-corrected chi connectivity index (χ1v) is 9.99. The topological polar surface area (TPSA) is 14.2 Å². The summed E-state index contributed by atoms with van der Waals surface area (Å²) >= 11 is 0. The summed E-state index contributed by atoms with van der Waals surface area (Å²) in [5.41, 5.74) is 0.892. The number of rotatable bonds is 5. The van der Waals surface area contributed by atoms with E-state index in [9.17, 15) is 4.39 Å². The third-order valence-corrected chi connectivity index (χ3v) is 4.67. The highest BCUT2D eigenvalue weighted by atomic mass is 28.3. The molecule has 0 radical (unpaired) electrons. The van der Waals surface area contributed by atoms with E-state index < -0.39 is 8.07 Å². The van der Waals surface area contributed by atoms with Crippen LogP contribution in [0.4, 0.5) is 4.39 Å². The molecular weight excluding hydrogens is 245 g/mol. The molecule has 0 bridgehead atoms. The monoisotopic (exact) mass is 265 g/mol. The maximum Gasteiger partial charge on any atom is 0.125 e. The summed E-state index contributed by atoms with van der Waals surface area (Å²) in [5, 5.41) is 1.05. The molecule has 0 atom stereocenters. The molecule has 0 N–H and O–H groups in total. The predicted molar refractivity (Wildman–Crippen MR) is 76.0 cm³/mol. The predicted octanol–water partition coefficient (Wildman–Crippen LogP) is 4.09. The molecule has 98 valence electrons. The zero-order valence-corrected chi connectivity index (χ0v) is 12.2. The van der Waals surface area contributed by atoms with Crippen LogP contribution in [0.25, 0.3) is 10.9 Å². The Kier molecular flexibility index (Phi) is 3.87. The van der Waals surface area contributed by atoms with E-state index in [1.165, 1.54) is 6.07 Å². The molecule has 0 unspecified atom stereocenters. The smallest absolute Gasteiger partial charge is 0.125 e. The van der Waals surface area contributed by atoms with E-state index in [0.29, 0.717) is 6.73 Å². The normalized spacial score (nSPS) is 12.2. The zero-order chi connectivity index (χ0) is 13.2. The maximum atomic E-state index is 13.2. The molecule has 18 heavy (non-hydrogen) atoms. The van der Waals surface area contributed by atoms with Gasteiger partial charge in [-0.3, -0.25) is 0 Å². The van der Waals surface area contributed by atoms with Crippen molar-refractivity contribution in [2.24, 2.45) is 0 Å². The standard InChI is InChI=1S/C14H20FNOSi/c1-18(2,3)9-8-17-11-16-7-6-12-4-5-13(15)10-14(12)16/h4-7,10H,8-9,11H2,1-3H3. The van der Waals surface area contributed by atoms with Crippen LogP contribution in [0.1, 0.15) is 0 Å². The lowest BCUT2D eigenvalue weighted by Crippen LogP contribution is -2.21. The molecule has 1 aromatic heterocycles. The lowest BCUT2D eigenvalue weighted by molar-refractivity contribution is 0.0902. The molecule has 0 amide bonds. The van der Waals surface area contributed by atoms with Gasteiger partial charge in [0.2, 0.25) is 0 Å². The number of fused-ring (bicyclic) bond motifs is 1. The summed E-state index contributed by atoms with van der Waals surface area (Å²) < 4.78 is 20.8. The van der Waals surface area contributed by atoms with Gasteiger partial charge in [-0.05, 0) is 35.7 Å². The minimum Gasteiger partial charge on any atom is -0.361 e. The van der Waals surface area contributed by atoms with Crippen molar-refractivity contribution in [1.29, 1.82) is 0 Å². The van der Waals surface area contributed by atoms with Crippen molar-refractivity contribution < 1.29 is 9.13 Å². The van der Waals surface area contributed by atoms with Gasteiger partial charge in [0.15, 0.2) is 0 Å². The van der Waals surface area contributed by atoms with Gasteiger partial charge in [-0.1, -0.05) is 19.6 Å². The van der Waals surface area contributed by atoms with E-state index in [1.54, 1.807) is 12.1 Å². The highest BCUT2D eigenvalue weighted by Gasteiger charge is 2.12. The average Bonchev–Trinajstić information content (AvgIpc) is 2.66. The molecule has 1 heterocycles. The minimum absolute atomic E-state index is 0.204. The largest absolute Gasteiger partial charge is 0.361 e. The maximum absolute atomic E-state index is 13.2. The summed E-state index contributed by atoms with van der Waals surface area (Å²) in [7, 11) is -1.04. The summed E-state index contributed by atoms with van der Waals surface area (Å²) in [5.74, 6) is -0.204. The number of ether oxygens (including phenoxy) is 1. The van der Waals surface area contributed by atoms with Crippen LogP contribution in [-0.2, 0) is 11.5 Å². The summed E-state index contributed by atoms with van der Waals surface area (Å²) in [4.78, 5) is 0. The molecule has 4 heteroatoms. The van der Waals surface area contributed by atoms with Gasteiger partial charge in [-0.25, -0.2) is 4.39 Å². The zero-order valence-electron chi connectivity index (χ0n) is 11.2. The Morgan fingerprint density at radius 1 is 1.22 bits per heavy atom.